The first-order valence-electron chi connectivity index (χ1n) is 6.27. The molecule has 0 bridgehead atoms. The van der Waals surface area contributed by atoms with Gasteiger partial charge in [-0.1, -0.05) is 0 Å². The summed E-state index contributed by atoms with van der Waals surface area (Å²) in [7, 11) is 0. The molecule has 1 aliphatic heterocycles. The lowest BCUT2D eigenvalue weighted by Crippen LogP contribution is -2.29. The van der Waals surface area contributed by atoms with E-state index in [1.54, 1.807) is 4.57 Å². The summed E-state index contributed by atoms with van der Waals surface area (Å²) in [6.45, 7) is 5.90. The third kappa shape index (κ3) is 2.55. The van der Waals surface area contributed by atoms with Crippen molar-refractivity contribution in [3.8, 4) is 0 Å². The highest BCUT2D eigenvalue weighted by Crippen LogP contribution is 2.16. The SMILES string of the molecule is CCn1ccn(CCC2CCNCC2)c1=O. The van der Waals surface area contributed by atoms with Gasteiger partial charge in [-0.25, -0.2) is 4.79 Å². The minimum atomic E-state index is 0.136. The van der Waals surface area contributed by atoms with Gasteiger partial charge in [0.2, 0.25) is 0 Å². The van der Waals surface area contributed by atoms with Gasteiger partial charge in [-0.05, 0) is 45.2 Å². The number of aryl methyl sites for hydroxylation is 2. The van der Waals surface area contributed by atoms with Gasteiger partial charge in [-0.15, -0.1) is 0 Å². The summed E-state index contributed by atoms with van der Waals surface area (Å²) in [5, 5.41) is 3.36. The molecule has 90 valence electrons. The maximum absolute atomic E-state index is 11.8. The van der Waals surface area contributed by atoms with Gasteiger partial charge in [0.15, 0.2) is 0 Å². The first-order chi connectivity index (χ1) is 7.81. The van der Waals surface area contributed by atoms with E-state index >= 15 is 0 Å². The van der Waals surface area contributed by atoms with Crippen molar-refractivity contribution in [2.75, 3.05) is 13.1 Å². The van der Waals surface area contributed by atoms with Crippen LogP contribution >= 0.6 is 0 Å². The first kappa shape index (κ1) is 11.5. The van der Waals surface area contributed by atoms with Crippen LogP contribution in [0.5, 0.6) is 0 Å². The van der Waals surface area contributed by atoms with Gasteiger partial charge in [0, 0.05) is 25.5 Å². The highest BCUT2D eigenvalue weighted by atomic mass is 16.1. The van der Waals surface area contributed by atoms with Crippen molar-refractivity contribution in [1.29, 1.82) is 0 Å². The standard InChI is InChI=1S/C12H21N3O/c1-2-14-9-10-15(12(14)16)8-5-11-3-6-13-7-4-11/h9-11,13H,2-8H2,1H3. The zero-order valence-electron chi connectivity index (χ0n) is 9.98. The number of nitrogens with one attached hydrogen (secondary N) is 1. The molecule has 16 heavy (non-hydrogen) atoms. The lowest BCUT2D eigenvalue weighted by molar-refractivity contribution is 0.336. The summed E-state index contributed by atoms with van der Waals surface area (Å²) in [5.74, 6) is 0.790. The molecule has 0 aromatic carbocycles. The minimum absolute atomic E-state index is 0.136. The molecule has 0 saturated carbocycles. The van der Waals surface area contributed by atoms with E-state index in [0.29, 0.717) is 0 Å². The Morgan fingerprint density at radius 2 is 2.00 bits per heavy atom. The number of hydrogen-bond donors (Lipinski definition) is 1. The molecular weight excluding hydrogens is 202 g/mol. The summed E-state index contributed by atoms with van der Waals surface area (Å²) in [6, 6.07) is 0. The van der Waals surface area contributed by atoms with Gasteiger partial charge in [-0.3, -0.25) is 9.13 Å². The van der Waals surface area contributed by atoms with Gasteiger partial charge in [0.1, 0.15) is 0 Å². The predicted octanol–water partition coefficient (Wildman–Crippen LogP) is 1.06. The van der Waals surface area contributed by atoms with Gasteiger partial charge >= 0.3 is 5.69 Å². The van der Waals surface area contributed by atoms with Crippen LogP contribution in [0.1, 0.15) is 26.2 Å². The van der Waals surface area contributed by atoms with Crippen LogP contribution in [0.3, 0.4) is 0 Å². The van der Waals surface area contributed by atoms with E-state index in [-0.39, 0.29) is 5.69 Å². The largest absolute Gasteiger partial charge is 0.328 e. The Morgan fingerprint density at radius 3 is 2.62 bits per heavy atom. The van der Waals surface area contributed by atoms with Crippen molar-refractivity contribution in [3.63, 3.8) is 0 Å². The Labute approximate surface area is 96.3 Å². The predicted molar refractivity (Wildman–Crippen MR) is 64.6 cm³/mol. The lowest BCUT2D eigenvalue weighted by atomic mass is 9.95. The van der Waals surface area contributed by atoms with Crippen molar-refractivity contribution < 1.29 is 0 Å². The van der Waals surface area contributed by atoms with Crippen LogP contribution in [0.15, 0.2) is 17.2 Å². The van der Waals surface area contributed by atoms with E-state index in [4.69, 9.17) is 0 Å². The molecule has 1 N–H and O–H groups in total. The molecule has 1 saturated heterocycles. The van der Waals surface area contributed by atoms with Crippen molar-refractivity contribution in [3.05, 3.63) is 22.9 Å². The molecule has 4 nitrogen and oxygen atoms in total. The fraction of sp³-hybridized carbons (Fsp3) is 0.750. The molecule has 0 unspecified atom stereocenters. The van der Waals surface area contributed by atoms with E-state index in [9.17, 15) is 4.79 Å². The summed E-state index contributed by atoms with van der Waals surface area (Å²) in [4.78, 5) is 11.8. The van der Waals surface area contributed by atoms with Gasteiger partial charge < -0.3 is 5.32 Å². The fourth-order valence-electron chi connectivity index (χ4n) is 2.36. The Kier molecular flexibility index (Phi) is 3.83. The first-order valence-corrected chi connectivity index (χ1v) is 6.27. The average Bonchev–Trinajstić information content (AvgIpc) is 2.69. The average molecular weight is 223 g/mol. The Morgan fingerprint density at radius 1 is 1.31 bits per heavy atom. The van der Waals surface area contributed by atoms with Crippen LogP contribution in [0, 0.1) is 5.92 Å². The van der Waals surface area contributed by atoms with E-state index in [1.165, 1.54) is 12.8 Å². The third-order valence-corrected chi connectivity index (χ3v) is 3.50. The van der Waals surface area contributed by atoms with E-state index in [1.807, 2.05) is 23.9 Å². The van der Waals surface area contributed by atoms with Gasteiger partial charge in [0.05, 0.1) is 0 Å². The van der Waals surface area contributed by atoms with Crippen molar-refractivity contribution in [1.82, 2.24) is 14.5 Å². The highest BCUT2D eigenvalue weighted by molar-refractivity contribution is 4.81. The van der Waals surface area contributed by atoms with E-state index in [0.717, 1.165) is 38.5 Å². The molecule has 2 rings (SSSR count). The quantitative estimate of drug-likeness (QED) is 0.829. The second kappa shape index (κ2) is 5.34. The number of aromatic nitrogens is 2. The number of piperidine rings is 1. The zero-order chi connectivity index (χ0) is 11.4. The van der Waals surface area contributed by atoms with Crippen LogP contribution in [0.25, 0.3) is 0 Å². The molecule has 0 radical (unpaired) electrons. The van der Waals surface area contributed by atoms with Crippen LogP contribution in [-0.2, 0) is 13.1 Å². The fourth-order valence-corrected chi connectivity index (χ4v) is 2.36. The van der Waals surface area contributed by atoms with Crippen molar-refractivity contribution >= 4 is 0 Å². The van der Waals surface area contributed by atoms with Gasteiger partial charge in [-0.2, -0.15) is 0 Å². The maximum Gasteiger partial charge on any atom is 0.328 e. The molecule has 1 fully saturated rings. The topological polar surface area (TPSA) is 39.0 Å². The second-order valence-electron chi connectivity index (χ2n) is 4.54. The molecule has 0 amide bonds. The van der Waals surface area contributed by atoms with E-state index < -0.39 is 0 Å². The van der Waals surface area contributed by atoms with Crippen LogP contribution in [0.4, 0.5) is 0 Å². The molecule has 0 atom stereocenters. The maximum atomic E-state index is 11.8. The number of rotatable bonds is 4. The smallest absolute Gasteiger partial charge is 0.317 e. The summed E-state index contributed by atoms with van der Waals surface area (Å²) < 4.78 is 3.59. The van der Waals surface area contributed by atoms with Crippen LogP contribution in [0.2, 0.25) is 0 Å². The monoisotopic (exact) mass is 223 g/mol. The second-order valence-corrected chi connectivity index (χ2v) is 4.54. The van der Waals surface area contributed by atoms with Crippen LogP contribution < -0.4 is 11.0 Å². The Hall–Kier alpha value is -1.03. The van der Waals surface area contributed by atoms with Crippen molar-refractivity contribution in [2.24, 2.45) is 5.92 Å². The number of hydrogen-bond acceptors (Lipinski definition) is 2. The summed E-state index contributed by atoms with van der Waals surface area (Å²) in [6.07, 6.45) is 7.43. The minimum Gasteiger partial charge on any atom is -0.317 e. The lowest BCUT2D eigenvalue weighted by Gasteiger charge is -2.22. The number of imidazole rings is 1. The summed E-state index contributed by atoms with van der Waals surface area (Å²) >= 11 is 0. The molecule has 1 aromatic rings. The zero-order valence-corrected chi connectivity index (χ0v) is 9.98. The normalized spacial score (nSPS) is 17.8. The van der Waals surface area contributed by atoms with Gasteiger partial charge in [0.25, 0.3) is 0 Å². The highest BCUT2D eigenvalue weighted by Gasteiger charge is 2.13. The molecular formula is C12H21N3O. The van der Waals surface area contributed by atoms with Crippen molar-refractivity contribution in [2.45, 2.75) is 39.3 Å². The molecule has 0 spiro atoms. The van der Waals surface area contributed by atoms with E-state index in [2.05, 4.69) is 5.32 Å². The molecule has 1 aromatic heterocycles. The van der Waals surface area contributed by atoms with Crippen LogP contribution in [-0.4, -0.2) is 22.2 Å². The Balaban J connectivity index is 1.88. The Bertz CT molecular complexity index is 374. The molecule has 0 aliphatic carbocycles. The molecule has 4 heteroatoms. The summed E-state index contributed by atoms with van der Waals surface area (Å²) in [5.41, 5.74) is 0.136. The number of nitrogens with zero attached hydrogens (tertiary/aromatic N) is 2. The molecule has 1 aliphatic rings. The third-order valence-electron chi connectivity index (χ3n) is 3.50. The molecule has 2 heterocycles.